The summed E-state index contributed by atoms with van der Waals surface area (Å²) in [6, 6.07) is 53.3. The molecule has 0 N–H and O–H groups in total. The fourth-order valence-electron chi connectivity index (χ4n) is 7.68. The maximum atomic E-state index is 2.53. The van der Waals surface area contributed by atoms with Gasteiger partial charge >= 0.3 is 0 Å². The van der Waals surface area contributed by atoms with Gasteiger partial charge in [-0.3, -0.25) is 0 Å². The van der Waals surface area contributed by atoms with E-state index >= 15 is 0 Å². The lowest BCUT2D eigenvalue weighted by molar-refractivity contribution is 0.739. The topological polar surface area (TPSA) is 0 Å². The quantitative estimate of drug-likeness (QED) is 0.306. The van der Waals surface area contributed by atoms with E-state index in [4.69, 9.17) is 0 Å². The van der Waals surface area contributed by atoms with Gasteiger partial charge in [0.15, 0.2) is 16.1 Å². The first kappa shape index (κ1) is 24.1. The van der Waals surface area contributed by atoms with Crippen molar-refractivity contribution in [1.29, 1.82) is 0 Å². The molecule has 7 rings (SSSR count). The van der Waals surface area contributed by atoms with E-state index in [2.05, 4.69) is 171 Å². The Morgan fingerprint density at radius 3 is 1.31 bits per heavy atom. The maximum Gasteiger partial charge on any atom is 0.179 e. The van der Waals surface area contributed by atoms with E-state index < -0.39 is 16.1 Å². The summed E-state index contributed by atoms with van der Waals surface area (Å²) in [5, 5.41) is 10.7. The summed E-state index contributed by atoms with van der Waals surface area (Å²) >= 11 is 0. The highest BCUT2D eigenvalue weighted by molar-refractivity contribution is 7.30. The molecule has 2 aliphatic rings. The zero-order valence-electron chi connectivity index (χ0n) is 22.3. The summed E-state index contributed by atoms with van der Waals surface area (Å²) in [6.45, 7) is 2.53. The van der Waals surface area contributed by atoms with Crippen LogP contribution in [0.4, 0.5) is 0 Å². The molecule has 2 heteroatoms. The van der Waals surface area contributed by atoms with Crippen LogP contribution in [0.15, 0.2) is 164 Å². The van der Waals surface area contributed by atoms with Crippen molar-refractivity contribution in [3.05, 3.63) is 164 Å². The molecule has 1 aliphatic carbocycles. The molecule has 0 saturated heterocycles. The van der Waals surface area contributed by atoms with Crippen molar-refractivity contribution in [2.45, 2.75) is 18.4 Å². The minimum Gasteiger partial charge on any atom is -0.0839 e. The molecule has 5 aromatic carbocycles. The Kier molecular flexibility index (Phi) is 5.76. The SMILES string of the molecule is CC1([Si]2(c3ccccc3)c3ccccc3[Si](c3ccccc3)(c3ccccc3)c3ccccc32)C=CC=CC1. The van der Waals surface area contributed by atoms with Crippen molar-refractivity contribution in [2.75, 3.05) is 0 Å². The zero-order chi connectivity index (χ0) is 26.3. The van der Waals surface area contributed by atoms with Gasteiger partial charge < -0.3 is 0 Å². The fraction of sp³-hybridized carbons (Fsp3) is 0.0811. The predicted molar refractivity (Wildman–Crippen MR) is 172 cm³/mol. The van der Waals surface area contributed by atoms with Gasteiger partial charge in [0.05, 0.1) is 0 Å². The second-order valence-corrected chi connectivity index (χ2v) is 19.1. The number of allylic oxidation sites excluding steroid dienone is 4. The van der Waals surface area contributed by atoms with Crippen molar-refractivity contribution in [3.63, 3.8) is 0 Å². The molecule has 0 spiro atoms. The predicted octanol–water partition coefficient (Wildman–Crippen LogP) is 4.12. The van der Waals surface area contributed by atoms with E-state index in [9.17, 15) is 0 Å². The van der Waals surface area contributed by atoms with E-state index in [0.29, 0.717) is 0 Å². The van der Waals surface area contributed by atoms with Gasteiger partial charge in [0.1, 0.15) is 0 Å². The molecular formula is C37H32Si2. The Morgan fingerprint density at radius 2 is 0.872 bits per heavy atom. The molecule has 188 valence electrons. The van der Waals surface area contributed by atoms with Crippen LogP contribution in [-0.2, 0) is 0 Å². The maximum absolute atomic E-state index is 2.60. The Labute approximate surface area is 234 Å². The van der Waals surface area contributed by atoms with Crippen LogP contribution >= 0.6 is 0 Å². The van der Waals surface area contributed by atoms with Crippen LogP contribution in [0.3, 0.4) is 0 Å². The lowest BCUT2D eigenvalue weighted by atomic mass is 10.0. The van der Waals surface area contributed by atoms with Crippen LogP contribution in [0, 0.1) is 0 Å². The Morgan fingerprint density at radius 1 is 0.462 bits per heavy atom. The fourth-order valence-corrected chi connectivity index (χ4v) is 20.8. The first-order valence-corrected chi connectivity index (χ1v) is 17.9. The second-order valence-electron chi connectivity index (χ2n) is 11.1. The smallest absolute Gasteiger partial charge is 0.0839 e. The van der Waals surface area contributed by atoms with Gasteiger partial charge in [-0.2, -0.15) is 0 Å². The summed E-state index contributed by atoms with van der Waals surface area (Å²) in [5.41, 5.74) is 0. The van der Waals surface area contributed by atoms with Gasteiger partial charge in [0, 0.05) is 0 Å². The van der Waals surface area contributed by atoms with E-state index in [1.807, 2.05) is 0 Å². The second kappa shape index (κ2) is 9.34. The standard InChI is InChI=1S/C37H32Si2/c1-37(28-16-5-17-29-37)39(32-22-10-4-11-23-32)35-26-14-12-24-33(35)38(30-18-6-2-7-19-30,31-20-8-3-9-21-31)34-25-13-15-27-36(34)39/h2-28H,29H2,1H3. The van der Waals surface area contributed by atoms with Crippen molar-refractivity contribution in [2.24, 2.45) is 0 Å². The molecule has 0 bridgehead atoms. The van der Waals surface area contributed by atoms with Crippen molar-refractivity contribution in [3.8, 4) is 0 Å². The van der Waals surface area contributed by atoms with Crippen LogP contribution in [0.25, 0.3) is 0 Å². The molecule has 5 aromatic rings. The number of benzene rings is 5. The third kappa shape index (κ3) is 3.29. The average molecular weight is 533 g/mol. The lowest BCUT2D eigenvalue weighted by Gasteiger charge is -2.55. The van der Waals surface area contributed by atoms with E-state index in [1.165, 1.54) is 15.6 Å². The van der Waals surface area contributed by atoms with Crippen molar-refractivity contribution >= 4 is 52.5 Å². The van der Waals surface area contributed by atoms with Gasteiger partial charge in [0.2, 0.25) is 0 Å². The first-order chi connectivity index (χ1) is 19.2. The largest absolute Gasteiger partial charge is 0.179 e. The number of fused-ring (bicyclic) bond motifs is 2. The average Bonchev–Trinajstić information content (AvgIpc) is 3.01. The minimum absolute atomic E-state index is 0.0107. The number of hydrogen-bond donors (Lipinski definition) is 0. The Bertz CT molecular complexity index is 1600. The molecule has 1 unspecified atom stereocenters. The van der Waals surface area contributed by atoms with Crippen LogP contribution in [0.2, 0.25) is 5.04 Å². The van der Waals surface area contributed by atoms with Gasteiger partial charge in [-0.05, 0) is 47.8 Å². The Balaban J connectivity index is 1.72. The molecule has 0 nitrogen and oxygen atoms in total. The lowest BCUT2D eigenvalue weighted by Crippen LogP contribution is -2.92. The van der Waals surface area contributed by atoms with Crippen LogP contribution < -0.4 is 36.3 Å². The number of hydrogen-bond acceptors (Lipinski definition) is 0. The van der Waals surface area contributed by atoms with Crippen LogP contribution in [0.1, 0.15) is 13.3 Å². The molecule has 0 amide bonds. The highest BCUT2D eigenvalue weighted by Crippen LogP contribution is 2.45. The zero-order valence-corrected chi connectivity index (χ0v) is 24.3. The van der Waals surface area contributed by atoms with Crippen LogP contribution in [0.5, 0.6) is 0 Å². The minimum atomic E-state index is -2.60. The summed E-state index contributed by atoms with van der Waals surface area (Å²) < 4.78 is 0. The van der Waals surface area contributed by atoms with E-state index in [0.717, 1.165) is 6.42 Å². The molecule has 0 saturated carbocycles. The van der Waals surface area contributed by atoms with Crippen molar-refractivity contribution in [1.82, 2.24) is 0 Å². The number of rotatable bonds is 4. The van der Waals surface area contributed by atoms with Gasteiger partial charge in [0.25, 0.3) is 0 Å². The molecule has 1 atom stereocenters. The van der Waals surface area contributed by atoms with Gasteiger partial charge in [-0.25, -0.2) is 0 Å². The molecule has 0 radical (unpaired) electrons. The van der Waals surface area contributed by atoms with E-state index in [1.54, 1.807) is 20.7 Å². The van der Waals surface area contributed by atoms with Gasteiger partial charge in [-0.1, -0.05) is 171 Å². The molecule has 1 aliphatic heterocycles. The molecule has 0 fully saturated rings. The third-order valence-electron chi connectivity index (χ3n) is 9.20. The van der Waals surface area contributed by atoms with Gasteiger partial charge in [-0.15, -0.1) is 0 Å². The molecule has 39 heavy (non-hydrogen) atoms. The van der Waals surface area contributed by atoms with Crippen molar-refractivity contribution < 1.29 is 0 Å². The molecular weight excluding hydrogens is 501 g/mol. The van der Waals surface area contributed by atoms with E-state index in [-0.39, 0.29) is 5.04 Å². The highest BCUT2D eigenvalue weighted by Gasteiger charge is 2.61. The third-order valence-corrected chi connectivity index (χ3v) is 20.4. The molecule has 1 heterocycles. The monoisotopic (exact) mass is 532 g/mol. The summed E-state index contributed by atoms with van der Waals surface area (Å²) in [4.78, 5) is 0. The molecule has 0 aromatic heterocycles. The summed E-state index contributed by atoms with van der Waals surface area (Å²) in [5.74, 6) is 0. The first-order valence-electron chi connectivity index (χ1n) is 13.9. The highest BCUT2D eigenvalue weighted by atomic mass is 28.3. The normalized spacial score (nSPS) is 20.1. The summed E-state index contributed by atoms with van der Waals surface area (Å²) in [6.07, 6.45) is 10.5. The summed E-state index contributed by atoms with van der Waals surface area (Å²) in [7, 11) is -5.18. The van der Waals surface area contributed by atoms with Crippen LogP contribution in [-0.4, -0.2) is 16.1 Å². The Hall–Kier alpha value is -3.99.